The Hall–Kier alpha value is -1.29. The first kappa shape index (κ1) is 13.1. The molecule has 0 aliphatic heterocycles. The summed E-state index contributed by atoms with van der Waals surface area (Å²) in [6.45, 7) is 0. The summed E-state index contributed by atoms with van der Waals surface area (Å²) in [5.41, 5.74) is 1.16. The molecule has 0 fully saturated rings. The van der Waals surface area contributed by atoms with E-state index in [0.717, 1.165) is 0 Å². The predicted molar refractivity (Wildman–Crippen MR) is 71.7 cm³/mol. The number of benzene rings is 1. The first-order chi connectivity index (χ1) is 8.49. The molecule has 1 aromatic heterocycles. The maximum atomic E-state index is 10.8. The lowest BCUT2D eigenvalue weighted by Gasteiger charge is -2.06. The number of carbonyl (C=O) groups is 1. The number of aromatic nitrogens is 1. The normalized spacial score (nSPS) is 10.4. The summed E-state index contributed by atoms with van der Waals surface area (Å²) in [5, 5.41) is 9.81. The zero-order chi connectivity index (χ0) is 13.3. The summed E-state index contributed by atoms with van der Waals surface area (Å²) >= 11 is 17.6. The molecule has 3 nitrogen and oxygen atoms in total. The van der Waals surface area contributed by atoms with Crippen molar-refractivity contribution >= 4 is 40.8 Å². The summed E-state index contributed by atoms with van der Waals surface area (Å²) < 4.78 is 0. The molecule has 1 aromatic carbocycles. The Balaban J connectivity index is 2.52. The van der Waals surface area contributed by atoms with Crippen molar-refractivity contribution in [3.05, 3.63) is 51.1 Å². The molecule has 0 saturated carbocycles. The Morgan fingerprint density at radius 1 is 1.11 bits per heavy atom. The summed E-state index contributed by atoms with van der Waals surface area (Å²) in [6, 6.07) is 6.07. The Kier molecular flexibility index (Phi) is 3.76. The summed E-state index contributed by atoms with van der Waals surface area (Å²) in [5.74, 6) is -1.08. The van der Waals surface area contributed by atoms with E-state index in [4.69, 9.17) is 39.9 Å². The number of rotatable bonds is 2. The monoisotopic (exact) mass is 301 g/mol. The van der Waals surface area contributed by atoms with Gasteiger partial charge in [0.15, 0.2) is 0 Å². The lowest BCUT2D eigenvalue weighted by Crippen LogP contribution is -1.97. The van der Waals surface area contributed by atoms with Crippen LogP contribution in [0.5, 0.6) is 0 Å². The van der Waals surface area contributed by atoms with E-state index in [-0.39, 0.29) is 10.6 Å². The zero-order valence-electron chi connectivity index (χ0n) is 8.82. The first-order valence-corrected chi connectivity index (χ1v) is 5.96. The lowest BCUT2D eigenvalue weighted by molar-refractivity contribution is 0.0697. The number of carboxylic acid groups (broad SMARTS) is 1. The van der Waals surface area contributed by atoms with Crippen LogP contribution >= 0.6 is 34.8 Å². The standard InChI is InChI=1S/C12H6Cl3NO2/c13-7-4-10(15)11(16-5-7)6-1-2-8(12(17)18)9(14)3-6/h1-5H,(H,17,18). The second kappa shape index (κ2) is 5.14. The number of hydrogen-bond acceptors (Lipinski definition) is 2. The van der Waals surface area contributed by atoms with Gasteiger partial charge in [0.25, 0.3) is 0 Å². The van der Waals surface area contributed by atoms with Gasteiger partial charge in [0.1, 0.15) is 0 Å². The largest absolute Gasteiger partial charge is 0.478 e. The molecule has 2 aromatic rings. The highest BCUT2D eigenvalue weighted by Crippen LogP contribution is 2.30. The van der Waals surface area contributed by atoms with Gasteiger partial charge < -0.3 is 5.11 Å². The van der Waals surface area contributed by atoms with Gasteiger partial charge in [-0.1, -0.05) is 40.9 Å². The molecule has 1 heterocycles. The number of carboxylic acids is 1. The van der Waals surface area contributed by atoms with E-state index in [2.05, 4.69) is 4.98 Å². The Morgan fingerprint density at radius 3 is 2.39 bits per heavy atom. The molecule has 0 spiro atoms. The maximum Gasteiger partial charge on any atom is 0.337 e. The van der Waals surface area contributed by atoms with Gasteiger partial charge >= 0.3 is 5.97 Å². The highest BCUT2D eigenvalue weighted by atomic mass is 35.5. The number of nitrogens with zero attached hydrogens (tertiary/aromatic N) is 1. The van der Waals surface area contributed by atoms with Crippen LogP contribution in [-0.2, 0) is 0 Å². The van der Waals surface area contributed by atoms with Gasteiger partial charge in [0.05, 0.1) is 26.3 Å². The molecule has 0 atom stereocenters. The second-order valence-electron chi connectivity index (χ2n) is 3.48. The second-order valence-corrected chi connectivity index (χ2v) is 4.73. The van der Waals surface area contributed by atoms with Crippen molar-refractivity contribution in [2.75, 3.05) is 0 Å². The highest BCUT2D eigenvalue weighted by Gasteiger charge is 2.12. The predicted octanol–water partition coefficient (Wildman–Crippen LogP) is 4.41. The van der Waals surface area contributed by atoms with Crippen LogP contribution in [0.4, 0.5) is 0 Å². The average Bonchev–Trinajstić information content (AvgIpc) is 2.28. The quantitative estimate of drug-likeness (QED) is 0.894. The van der Waals surface area contributed by atoms with Crippen LogP contribution in [0.15, 0.2) is 30.5 Å². The van der Waals surface area contributed by atoms with Gasteiger partial charge in [-0.25, -0.2) is 4.79 Å². The Labute approximate surface area is 118 Å². The number of pyridine rings is 1. The van der Waals surface area contributed by atoms with Crippen LogP contribution in [0, 0.1) is 0 Å². The van der Waals surface area contributed by atoms with E-state index in [1.165, 1.54) is 18.3 Å². The molecule has 1 N–H and O–H groups in total. The summed E-state index contributed by atoms with van der Waals surface area (Å²) in [4.78, 5) is 14.9. The lowest BCUT2D eigenvalue weighted by atomic mass is 10.1. The average molecular weight is 303 g/mol. The van der Waals surface area contributed by atoms with Crippen molar-refractivity contribution in [3.63, 3.8) is 0 Å². The number of halogens is 3. The summed E-state index contributed by atoms with van der Waals surface area (Å²) in [6.07, 6.45) is 1.46. The third kappa shape index (κ3) is 2.58. The van der Waals surface area contributed by atoms with Crippen molar-refractivity contribution in [1.82, 2.24) is 4.98 Å². The molecule has 0 unspecified atom stereocenters. The molecule has 92 valence electrons. The molecule has 0 amide bonds. The number of hydrogen-bond donors (Lipinski definition) is 1. The fourth-order valence-electron chi connectivity index (χ4n) is 1.46. The first-order valence-electron chi connectivity index (χ1n) is 4.83. The fourth-order valence-corrected chi connectivity index (χ4v) is 2.21. The zero-order valence-corrected chi connectivity index (χ0v) is 11.1. The van der Waals surface area contributed by atoms with Crippen LogP contribution in [0.1, 0.15) is 10.4 Å². The molecular weight excluding hydrogens is 296 g/mol. The molecule has 0 radical (unpaired) electrons. The van der Waals surface area contributed by atoms with Crippen LogP contribution in [0.3, 0.4) is 0 Å². The SMILES string of the molecule is O=C(O)c1ccc(-c2ncc(Cl)cc2Cl)cc1Cl. The van der Waals surface area contributed by atoms with E-state index in [1.807, 2.05) is 0 Å². The van der Waals surface area contributed by atoms with Crippen molar-refractivity contribution in [3.8, 4) is 11.3 Å². The van der Waals surface area contributed by atoms with Gasteiger partial charge in [0, 0.05) is 11.8 Å². The smallest absolute Gasteiger partial charge is 0.337 e. The minimum Gasteiger partial charge on any atom is -0.478 e. The van der Waals surface area contributed by atoms with E-state index in [1.54, 1.807) is 12.1 Å². The van der Waals surface area contributed by atoms with Gasteiger partial charge in [-0.3, -0.25) is 4.98 Å². The van der Waals surface area contributed by atoms with E-state index in [0.29, 0.717) is 21.3 Å². The molecule has 0 aliphatic carbocycles. The van der Waals surface area contributed by atoms with Crippen molar-refractivity contribution in [1.29, 1.82) is 0 Å². The molecule has 2 rings (SSSR count). The van der Waals surface area contributed by atoms with Crippen LogP contribution in [0.25, 0.3) is 11.3 Å². The Bertz CT molecular complexity index is 629. The fraction of sp³-hybridized carbons (Fsp3) is 0. The van der Waals surface area contributed by atoms with Crippen molar-refractivity contribution in [2.24, 2.45) is 0 Å². The van der Waals surface area contributed by atoms with Crippen molar-refractivity contribution in [2.45, 2.75) is 0 Å². The van der Waals surface area contributed by atoms with Gasteiger partial charge in [0.2, 0.25) is 0 Å². The van der Waals surface area contributed by atoms with Crippen molar-refractivity contribution < 1.29 is 9.90 Å². The number of aromatic carboxylic acids is 1. The maximum absolute atomic E-state index is 10.8. The third-order valence-electron chi connectivity index (χ3n) is 2.28. The van der Waals surface area contributed by atoms with Crippen LogP contribution < -0.4 is 0 Å². The molecule has 0 aliphatic rings. The van der Waals surface area contributed by atoms with Crippen LogP contribution in [-0.4, -0.2) is 16.1 Å². The highest BCUT2D eigenvalue weighted by molar-refractivity contribution is 6.36. The minimum atomic E-state index is -1.08. The van der Waals surface area contributed by atoms with E-state index in [9.17, 15) is 4.79 Å². The van der Waals surface area contributed by atoms with E-state index >= 15 is 0 Å². The van der Waals surface area contributed by atoms with E-state index < -0.39 is 5.97 Å². The minimum absolute atomic E-state index is 0.0329. The topological polar surface area (TPSA) is 50.2 Å². The molecule has 0 bridgehead atoms. The third-order valence-corrected chi connectivity index (χ3v) is 3.09. The molecule has 18 heavy (non-hydrogen) atoms. The van der Waals surface area contributed by atoms with Gasteiger partial charge in [-0.15, -0.1) is 0 Å². The molecule has 0 saturated heterocycles. The van der Waals surface area contributed by atoms with Gasteiger partial charge in [-0.2, -0.15) is 0 Å². The molecule has 6 heteroatoms. The molecular formula is C12H6Cl3NO2. The Morgan fingerprint density at radius 2 is 1.83 bits per heavy atom. The summed E-state index contributed by atoms with van der Waals surface area (Å²) in [7, 11) is 0. The van der Waals surface area contributed by atoms with Gasteiger partial charge in [-0.05, 0) is 18.2 Å². The van der Waals surface area contributed by atoms with Crippen LogP contribution in [0.2, 0.25) is 15.1 Å².